The quantitative estimate of drug-likeness (QED) is 0.488. The Morgan fingerprint density at radius 3 is 1.00 bits per heavy atom. The van der Waals surface area contributed by atoms with Crippen LogP contribution >= 0.6 is 0 Å². The van der Waals surface area contributed by atoms with Crippen LogP contribution < -0.4 is 22.9 Å². The van der Waals surface area contributed by atoms with Gasteiger partial charge in [-0.25, -0.2) is 4.79 Å². The fourth-order valence-electron chi connectivity index (χ4n) is 0.142. The maximum absolute atomic E-state index is 9.60. The fourth-order valence-corrected chi connectivity index (χ4v) is 0.142. The van der Waals surface area contributed by atoms with Crippen molar-refractivity contribution in [3.8, 4) is 0 Å². The number of amides is 4. The van der Waals surface area contributed by atoms with Crippen LogP contribution in [0.2, 0.25) is 0 Å². The molecule has 0 aliphatic rings. The summed E-state index contributed by atoms with van der Waals surface area (Å²) in [7, 11) is 0. The molecule has 0 rings (SSSR count). The van der Waals surface area contributed by atoms with Gasteiger partial charge < -0.3 is 27.7 Å². The second-order valence-corrected chi connectivity index (χ2v) is 2.57. The van der Waals surface area contributed by atoms with Gasteiger partial charge in [-0.1, -0.05) is 19.7 Å². The molecule has 0 radical (unpaired) electrons. The Hall–Kier alpha value is -3.10. The average molecular weight is 302 g/mol. The lowest BCUT2D eigenvalue weighted by Crippen LogP contribution is -2.11. The summed E-state index contributed by atoms with van der Waals surface area (Å²) in [5.41, 5.74) is 18.1. The minimum absolute atomic E-state index is 0.356. The monoisotopic (exact) mass is 302 g/mol. The van der Waals surface area contributed by atoms with Crippen molar-refractivity contribution in [1.29, 1.82) is 0 Å². The van der Waals surface area contributed by atoms with Gasteiger partial charge in [-0.15, -0.1) is 0 Å². The van der Waals surface area contributed by atoms with Crippen LogP contribution in [0, 0.1) is 0 Å². The van der Waals surface area contributed by atoms with Gasteiger partial charge in [0.2, 0.25) is 17.7 Å². The van der Waals surface area contributed by atoms with Crippen LogP contribution in [0.3, 0.4) is 0 Å². The molecule has 8 N–H and O–H groups in total. The van der Waals surface area contributed by atoms with Gasteiger partial charge in [-0.05, 0) is 25.2 Å². The van der Waals surface area contributed by atoms with E-state index in [0.29, 0.717) is 6.61 Å². The Balaban J connectivity index is -0.0000000921. The molecule has 21 heavy (non-hydrogen) atoms. The zero-order valence-electron chi connectivity index (χ0n) is 11.9. The number of hydrogen-bond acceptors (Lipinski definition) is 5. The van der Waals surface area contributed by atoms with E-state index in [4.69, 9.17) is 0 Å². The smallest absolute Gasteiger partial charge is 0.404 e. The molecular formula is C12H22N4O5. The second kappa shape index (κ2) is 22.1. The number of ether oxygens (including phenoxy) is 1. The Labute approximate surface area is 123 Å². The van der Waals surface area contributed by atoms with Gasteiger partial charge in [0, 0.05) is 0 Å². The van der Waals surface area contributed by atoms with E-state index in [1.54, 1.807) is 6.92 Å². The van der Waals surface area contributed by atoms with Crippen molar-refractivity contribution in [3.63, 3.8) is 0 Å². The van der Waals surface area contributed by atoms with E-state index in [1.165, 1.54) is 0 Å². The molecule has 0 saturated heterocycles. The van der Waals surface area contributed by atoms with E-state index in [1.807, 2.05) is 0 Å². The summed E-state index contributed by atoms with van der Waals surface area (Å²) in [6.07, 6.45) is 2.46. The Morgan fingerprint density at radius 1 is 0.810 bits per heavy atom. The molecule has 0 aliphatic carbocycles. The standard InChI is InChI=1S/C3H7NO2.3C3H5NO/c1-2-6-3(4)5;3*1-2-3(4)5/h2H2,1H3,(H2,4,5);3*2H,1H2,(H2,4,5). The summed E-state index contributed by atoms with van der Waals surface area (Å²) >= 11 is 0. The topological polar surface area (TPSA) is 182 Å². The molecule has 9 nitrogen and oxygen atoms in total. The van der Waals surface area contributed by atoms with Gasteiger partial charge in [0.25, 0.3) is 0 Å². The molecule has 0 aromatic rings. The minimum atomic E-state index is -0.711. The summed E-state index contributed by atoms with van der Waals surface area (Å²) in [4.78, 5) is 38.0. The van der Waals surface area contributed by atoms with E-state index in [2.05, 4.69) is 47.4 Å². The number of carbonyl (C=O) groups is 4. The first-order valence-electron chi connectivity index (χ1n) is 5.26. The molecule has 0 spiro atoms. The lowest BCUT2D eigenvalue weighted by atomic mass is 10.6. The maximum Gasteiger partial charge on any atom is 0.404 e. The maximum atomic E-state index is 9.60. The zero-order valence-corrected chi connectivity index (χ0v) is 11.9. The Bertz CT molecular complexity index is 324. The molecule has 4 amide bonds. The lowest BCUT2D eigenvalue weighted by Gasteiger charge is -1.89. The van der Waals surface area contributed by atoms with Gasteiger partial charge in [0.05, 0.1) is 6.61 Å². The highest BCUT2D eigenvalue weighted by molar-refractivity contribution is 5.85. The van der Waals surface area contributed by atoms with Crippen LogP contribution in [0.25, 0.3) is 0 Å². The predicted octanol–water partition coefficient (Wildman–Crippen LogP) is -0.925. The molecule has 0 aliphatic heterocycles. The van der Waals surface area contributed by atoms with Crippen molar-refractivity contribution in [2.45, 2.75) is 6.92 Å². The van der Waals surface area contributed by atoms with E-state index in [0.717, 1.165) is 18.2 Å². The predicted molar refractivity (Wildman–Crippen MR) is 79.4 cm³/mol. The normalized spacial score (nSPS) is 6.71. The van der Waals surface area contributed by atoms with E-state index in [9.17, 15) is 19.2 Å². The van der Waals surface area contributed by atoms with Crippen LogP contribution in [0.5, 0.6) is 0 Å². The molecule has 0 unspecified atom stereocenters. The van der Waals surface area contributed by atoms with Crippen LogP contribution in [-0.4, -0.2) is 30.4 Å². The lowest BCUT2D eigenvalue weighted by molar-refractivity contribution is -0.114. The minimum Gasteiger partial charge on any atom is -0.450 e. The summed E-state index contributed by atoms with van der Waals surface area (Å²) in [5.74, 6) is -1.44. The Morgan fingerprint density at radius 2 is 1.00 bits per heavy atom. The van der Waals surface area contributed by atoms with Crippen molar-refractivity contribution in [1.82, 2.24) is 0 Å². The van der Waals surface area contributed by atoms with Gasteiger partial charge >= 0.3 is 6.09 Å². The zero-order chi connectivity index (χ0) is 17.8. The first-order chi connectivity index (χ1) is 9.58. The van der Waals surface area contributed by atoms with Gasteiger partial charge in [0.15, 0.2) is 0 Å². The molecule has 0 aromatic heterocycles. The van der Waals surface area contributed by atoms with E-state index >= 15 is 0 Å². The number of nitrogens with two attached hydrogens (primary N) is 4. The van der Waals surface area contributed by atoms with Gasteiger partial charge in [-0.3, -0.25) is 14.4 Å². The molecular weight excluding hydrogens is 280 g/mol. The van der Waals surface area contributed by atoms with Crippen LogP contribution in [0.1, 0.15) is 6.92 Å². The van der Waals surface area contributed by atoms with Gasteiger partial charge in [-0.2, -0.15) is 0 Å². The third-order valence-corrected chi connectivity index (χ3v) is 0.890. The summed E-state index contributed by atoms with van der Waals surface area (Å²) < 4.78 is 4.18. The molecule has 120 valence electrons. The third-order valence-electron chi connectivity index (χ3n) is 0.890. The highest BCUT2D eigenvalue weighted by Gasteiger charge is 1.82. The fraction of sp³-hybridized carbons (Fsp3) is 0.167. The summed E-state index contributed by atoms with van der Waals surface area (Å²) in [6, 6.07) is 0. The van der Waals surface area contributed by atoms with Crippen molar-refractivity contribution in [3.05, 3.63) is 38.0 Å². The molecule has 0 atom stereocenters. The molecule has 0 bridgehead atoms. The van der Waals surface area contributed by atoms with Crippen LogP contribution in [0.15, 0.2) is 38.0 Å². The molecule has 0 aromatic carbocycles. The Kier molecular flexibility index (Phi) is 27.9. The van der Waals surface area contributed by atoms with Crippen LogP contribution in [-0.2, 0) is 19.1 Å². The van der Waals surface area contributed by atoms with E-state index in [-0.39, 0.29) is 0 Å². The summed E-state index contributed by atoms with van der Waals surface area (Å²) in [5, 5.41) is 0. The number of carbonyl (C=O) groups excluding carboxylic acids is 4. The number of primary amides is 4. The number of rotatable bonds is 4. The largest absolute Gasteiger partial charge is 0.450 e. The average Bonchev–Trinajstić information content (AvgIpc) is 2.40. The first-order valence-corrected chi connectivity index (χ1v) is 5.26. The molecule has 0 saturated carbocycles. The second-order valence-electron chi connectivity index (χ2n) is 2.57. The van der Waals surface area contributed by atoms with Crippen molar-refractivity contribution in [2.24, 2.45) is 22.9 Å². The van der Waals surface area contributed by atoms with Crippen molar-refractivity contribution in [2.75, 3.05) is 6.61 Å². The highest BCUT2D eigenvalue weighted by atomic mass is 16.5. The molecule has 0 fully saturated rings. The van der Waals surface area contributed by atoms with E-state index < -0.39 is 23.8 Å². The van der Waals surface area contributed by atoms with Crippen LogP contribution in [0.4, 0.5) is 4.79 Å². The third kappa shape index (κ3) is 108. The van der Waals surface area contributed by atoms with Crippen molar-refractivity contribution < 1.29 is 23.9 Å². The first kappa shape index (κ1) is 26.5. The summed E-state index contributed by atoms with van der Waals surface area (Å²) in [6.45, 7) is 11.3. The molecule has 0 heterocycles. The van der Waals surface area contributed by atoms with Crippen molar-refractivity contribution >= 4 is 23.8 Å². The SMILES string of the molecule is C=CC(N)=O.C=CC(N)=O.C=CC(N)=O.CCOC(N)=O. The highest BCUT2D eigenvalue weighted by Crippen LogP contribution is 1.66. The number of hydrogen-bond donors (Lipinski definition) is 4. The molecule has 9 heteroatoms. The van der Waals surface area contributed by atoms with Gasteiger partial charge in [0.1, 0.15) is 0 Å².